The van der Waals surface area contributed by atoms with Gasteiger partial charge in [-0.3, -0.25) is 10.3 Å². The predicted molar refractivity (Wildman–Crippen MR) is 84.1 cm³/mol. The number of carbonyl (C=O) groups excluding carboxylic acids is 1. The zero-order chi connectivity index (χ0) is 16.1. The fourth-order valence-electron chi connectivity index (χ4n) is 2.50. The number of amides is 1. The Balaban J connectivity index is 1.53. The summed E-state index contributed by atoms with van der Waals surface area (Å²) in [4.78, 5) is 15.5. The van der Waals surface area contributed by atoms with Gasteiger partial charge in [0.2, 0.25) is 0 Å². The van der Waals surface area contributed by atoms with Crippen molar-refractivity contribution >= 4 is 16.9 Å². The van der Waals surface area contributed by atoms with Crippen LogP contribution in [-0.2, 0) is 4.74 Å². The van der Waals surface area contributed by atoms with Gasteiger partial charge in [0, 0.05) is 37.3 Å². The maximum Gasteiger partial charge on any atom is 0.408 e. The molecule has 1 aliphatic rings. The van der Waals surface area contributed by atoms with E-state index in [0.717, 1.165) is 16.5 Å². The standard InChI is InChI=1S/C16H19N3O4/c20-6-5-18-16(21)23-15-8-14(10-19-15)22-13-2-1-12-9-17-4-3-11(12)7-13/h1-4,7,9,14-15,19-20H,5-6,8,10H2,(H,18,21)/t14-,15+/m1/s1. The molecule has 2 aromatic rings. The number of nitrogens with zero attached hydrogens (tertiary/aromatic N) is 1. The largest absolute Gasteiger partial charge is 0.489 e. The van der Waals surface area contributed by atoms with E-state index >= 15 is 0 Å². The number of ether oxygens (including phenoxy) is 2. The highest BCUT2D eigenvalue weighted by molar-refractivity contribution is 5.82. The number of carbonyl (C=O) groups is 1. The van der Waals surface area contributed by atoms with Crippen LogP contribution in [0.3, 0.4) is 0 Å². The molecular formula is C16H19N3O4. The molecule has 0 bridgehead atoms. The van der Waals surface area contributed by atoms with Gasteiger partial charge in [-0.15, -0.1) is 0 Å². The Labute approximate surface area is 133 Å². The zero-order valence-electron chi connectivity index (χ0n) is 12.6. The molecule has 3 N–H and O–H groups in total. The lowest BCUT2D eigenvalue weighted by molar-refractivity contribution is 0.0815. The third kappa shape index (κ3) is 4.08. The fraction of sp³-hybridized carbons (Fsp3) is 0.375. The maximum atomic E-state index is 11.4. The Bertz CT molecular complexity index is 679. The van der Waals surface area contributed by atoms with Gasteiger partial charge in [-0.05, 0) is 29.7 Å². The molecule has 122 valence electrons. The van der Waals surface area contributed by atoms with Gasteiger partial charge in [-0.2, -0.15) is 0 Å². The van der Waals surface area contributed by atoms with E-state index in [9.17, 15) is 4.79 Å². The quantitative estimate of drug-likeness (QED) is 0.762. The molecule has 1 fully saturated rings. The number of hydrogen-bond donors (Lipinski definition) is 3. The Hall–Kier alpha value is -2.38. The van der Waals surface area contributed by atoms with Crippen LogP contribution >= 0.6 is 0 Å². The summed E-state index contributed by atoms with van der Waals surface area (Å²) in [6.45, 7) is 0.667. The molecule has 1 aromatic carbocycles. The van der Waals surface area contributed by atoms with Crippen LogP contribution in [0.5, 0.6) is 5.75 Å². The Morgan fingerprint density at radius 3 is 3.17 bits per heavy atom. The van der Waals surface area contributed by atoms with Crippen molar-refractivity contribution in [2.24, 2.45) is 0 Å². The highest BCUT2D eigenvalue weighted by atomic mass is 16.6. The Morgan fingerprint density at radius 1 is 1.39 bits per heavy atom. The van der Waals surface area contributed by atoms with Crippen molar-refractivity contribution in [1.82, 2.24) is 15.6 Å². The number of nitrogens with one attached hydrogen (secondary N) is 2. The minimum absolute atomic E-state index is 0.0649. The summed E-state index contributed by atoms with van der Waals surface area (Å²) in [5.41, 5.74) is 0. The van der Waals surface area contributed by atoms with Gasteiger partial charge < -0.3 is 19.9 Å². The summed E-state index contributed by atoms with van der Waals surface area (Å²) in [5.74, 6) is 0.779. The van der Waals surface area contributed by atoms with Gasteiger partial charge in [-0.25, -0.2) is 4.79 Å². The number of aromatic nitrogens is 1. The van der Waals surface area contributed by atoms with Gasteiger partial charge in [0.05, 0.1) is 6.61 Å². The third-order valence-corrected chi connectivity index (χ3v) is 3.60. The second-order valence-corrected chi connectivity index (χ2v) is 5.31. The van der Waals surface area contributed by atoms with E-state index in [1.54, 1.807) is 6.20 Å². The maximum absolute atomic E-state index is 11.4. The van der Waals surface area contributed by atoms with Crippen LogP contribution in [0.25, 0.3) is 10.8 Å². The lowest BCUT2D eigenvalue weighted by atomic mass is 10.2. The van der Waals surface area contributed by atoms with Crippen molar-refractivity contribution in [3.05, 3.63) is 36.7 Å². The van der Waals surface area contributed by atoms with E-state index in [2.05, 4.69) is 15.6 Å². The summed E-state index contributed by atoms with van der Waals surface area (Å²) < 4.78 is 11.1. The number of benzene rings is 1. The molecule has 1 saturated heterocycles. The van der Waals surface area contributed by atoms with Gasteiger partial charge in [0.1, 0.15) is 11.9 Å². The number of aliphatic hydroxyl groups excluding tert-OH is 1. The molecule has 2 heterocycles. The monoisotopic (exact) mass is 317 g/mol. The zero-order valence-corrected chi connectivity index (χ0v) is 12.6. The van der Waals surface area contributed by atoms with Crippen LogP contribution in [-0.4, -0.2) is 48.2 Å². The van der Waals surface area contributed by atoms with E-state index in [1.165, 1.54) is 0 Å². The highest BCUT2D eigenvalue weighted by Gasteiger charge is 2.28. The molecule has 0 spiro atoms. The molecule has 1 amide bonds. The summed E-state index contributed by atoms with van der Waals surface area (Å²) in [7, 11) is 0. The molecular weight excluding hydrogens is 298 g/mol. The second-order valence-electron chi connectivity index (χ2n) is 5.31. The molecule has 0 aliphatic carbocycles. The smallest absolute Gasteiger partial charge is 0.408 e. The van der Waals surface area contributed by atoms with Crippen LogP contribution in [0.2, 0.25) is 0 Å². The van der Waals surface area contributed by atoms with Crippen LogP contribution in [0, 0.1) is 0 Å². The first kappa shape index (κ1) is 15.5. The number of rotatable bonds is 5. The van der Waals surface area contributed by atoms with Gasteiger partial charge in [-0.1, -0.05) is 0 Å². The number of aliphatic hydroxyl groups is 1. The summed E-state index contributed by atoms with van der Waals surface area (Å²) in [5, 5.41) is 16.3. The van der Waals surface area contributed by atoms with E-state index < -0.39 is 6.09 Å². The molecule has 7 heteroatoms. The van der Waals surface area contributed by atoms with Crippen molar-refractivity contribution in [3.8, 4) is 5.75 Å². The molecule has 0 unspecified atom stereocenters. The molecule has 23 heavy (non-hydrogen) atoms. The molecule has 0 saturated carbocycles. The van der Waals surface area contributed by atoms with Crippen LogP contribution in [0.4, 0.5) is 4.79 Å². The van der Waals surface area contributed by atoms with E-state index in [-0.39, 0.29) is 25.5 Å². The van der Waals surface area contributed by atoms with Gasteiger partial charge in [0.15, 0.2) is 6.23 Å². The van der Waals surface area contributed by atoms with Crippen LogP contribution in [0.15, 0.2) is 36.7 Å². The number of hydrogen-bond acceptors (Lipinski definition) is 6. The van der Waals surface area contributed by atoms with Crippen molar-refractivity contribution in [2.75, 3.05) is 19.7 Å². The topological polar surface area (TPSA) is 92.7 Å². The molecule has 1 aromatic heterocycles. The summed E-state index contributed by atoms with van der Waals surface area (Å²) in [6, 6.07) is 7.79. The normalized spacial score (nSPS) is 20.4. The lowest BCUT2D eigenvalue weighted by Crippen LogP contribution is -2.34. The minimum Gasteiger partial charge on any atom is -0.489 e. The van der Waals surface area contributed by atoms with Gasteiger partial charge in [0.25, 0.3) is 0 Å². The van der Waals surface area contributed by atoms with Crippen molar-refractivity contribution in [3.63, 3.8) is 0 Å². The SMILES string of the molecule is O=C(NCCO)O[C@H]1C[C@@H](Oc2ccc3cnccc3c2)CN1. The average molecular weight is 317 g/mol. The summed E-state index contributed by atoms with van der Waals surface area (Å²) >= 11 is 0. The van der Waals surface area contributed by atoms with Crippen molar-refractivity contribution in [1.29, 1.82) is 0 Å². The van der Waals surface area contributed by atoms with Gasteiger partial charge >= 0.3 is 6.09 Å². The Morgan fingerprint density at radius 2 is 2.30 bits per heavy atom. The fourth-order valence-corrected chi connectivity index (χ4v) is 2.50. The first-order valence-corrected chi connectivity index (χ1v) is 7.54. The number of pyridine rings is 1. The third-order valence-electron chi connectivity index (χ3n) is 3.60. The first-order chi connectivity index (χ1) is 11.2. The number of fused-ring (bicyclic) bond motifs is 1. The van der Waals surface area contributed by atoms with E-state index in [0.29, 0.717) is 13.0 Å². The predicted octanol–water partition coefficient (Wildman–Crippen LogP) is 1.02. The van der Waals surface area contributed by atoms with E-state index in [1.807, 2.05) is 30.5 Å². The molecule has 3 rings (SSSR count). The molecule has 1 aliphatic heterocycles. The lowest BCUT2D eigenvalue weighted by Gasteiger charge is -2.14. The average Bonchev–Trinajstić information content (AvgIpc) is 2.99. The first-order valence-electron chi connectivity index (χ1n) is 7.54. The van der Waals surface area contributed by atoms with Crippen LogP contribution in [0.1, 0.15) is 6.42 Å². The molecule has 7 nitrogen and oxygen atoms in total. The highest BCUT2D eigenvalue weighted by Crippen LogP contribution is 2.23. The molecule has 0 radical (unpaired) electrons. The summed E-state index contributed by atoms with van der Waals surface area (Å²) in [6.07, 6.45) is 3.13. The number of alkyl carbamates (subject to hydrolysis) is 1. The molecule has 2 atom stereocenters. The van der Waals surface area contributed by atoms with Crippen molar-refractivity contribution < 1.29 is 19.4 Å². The Kier molecular flexibility index (Phi) is 4.89. The minimum atomic E-state index is -0.546. The van der Waals surface area contributed by atoms with E-state index in [4.69, 9.17) is 14.6 Å². The van der Waals surface area contributed by atoms with Crippen molar-refractivity contribution in [2.45, 2.75) is 18.8 Å². The van der Waals surface area contributed by atoms with Crippen LogP contribution < -0.4 is 15.4 Å². The second kappa shape index (κ2) is 7.26.